The molecule has 0 aliphatic carbocycles. The summed E-state index contributed by atoms with van der Waals surface area (Å²) in [7, 11) is 0. The molecule has 0 saturated carbocycles. The van der Waals surface area contributed by atoms with Crippen molar-refractivity contribution >= 4 is 17.3 Å². The first kappa shape index (κ1) is 11.6. The van der Waals surface area contributed by atoms with Gasteiger partial charge in [0, 0.05) is 6.07 Å². The van der Waals surface area contributed by atoms with Crippen molar-refractivity contribution in [2.45, 2.75) is 6.92 Å². The molecule has 19 heavy (non-hydrogen) atoms. The smallest absolute Gasteiger partial charge is 0.185 e. The number of hydrogen-bond donors (Lipinski definition) is 0. The van der Waals surface area contributed by atoms with Crippen molar-refractivity contribution in [2.24, 2.45) is 0 Å². The van der Waals surface area contributed by atoms with E-state index in [2.05, 4.69) is 4.98 Å². The minimum Gasteiger partial charge on any atom is -0.294 e. The molecule has 3 nitrogen and oxygen atoms in total. The van der Waals surface area contributed by atoms with Crippen molar-refractivity contribution in [2.75, 3.05) is 0 Å². The van der Waals surface area contributed by atoms with Crippen LogP contribution in [-0.2, 0) is 0 Å². The molecule has 0 radical (unpaired) electrons. The fourth-order valence-corrected chi connectivity index (χ4v) is 2.22. The normalized spacial score (nSPS) is 10.8. The second-order valence-electron chi connectivity index (χ2n) is 4.34. The van der Waals surface area contributed by atoms with Crippen molar-refractivity contribution in [3.8, 4) is 5.69 Å². The summed E-state index contributed by atoms with van der Waals surface area (Å²) in [6, 6.07) is 12.0. The van der Waals surface area contributed by atoms with Crippen molar-refractivity contribution < 1.29 is 9.18 Å². The summed E-state index contributed by atoms with van der Waals surface area (Å²) in [6.45, 7) is 1.96. The number of carbonyl (C=O) groups is 1. The average molecular weight is 254 g/mol. The number of aryl methyl sites for hydroxylation is 1. The SMILES string of the molecule is Cc1ccccc1-n1c(C=O)nc2cc(F)ccc21. The molecule has 0 amide bonds. The number of rotatable bonds is 2. The van der Waals surface area contributed by atoms with E-state index in [9.17, 15) is 9.18 Å². The topological polar surface area (TPSA) is 34.9 Å². The largest absolute Gasteiger partial charge is 0.294 e. The van der Waals surface area contributed by atoms with Gasteiger partial charge in [-0.25, -0.2) is 9.37 Å². The Labute approximate surface area is 109 Å². The van der Waals surface area contributed by atoms with Crippen molar-refractivity contribution in [1.29, 1.82) is 0 Å². The van der Waals surface area contributed by atoms with Crippen molar-refractivity contribution in [3.05, 3.63) is 59.7 Å². The Balaban J connectivity index is 2.39. The summed E-state index contributed by atoms with van der Waals surface area (Å²) in [6.07, 6.45) is 0.685. The second kappa shape index (κ2) is 4.31. The molecule has 0 spiro atoms. The van der Waals surface area contributed by atoms with Crippen LogP contribution < -0.4 is 0 Å². The molecule has 3 aromatic rings. The first-order valence-corrected chi connectivity index (χ1v) is 5.90. The van der Waals surface area contributed by atoms with E-state index < -0.39 is 0 Å². The van der Waals surface area contributed by atoms with E-state index in [4.69, 9.17) is 0 Å². The Bertz CT molecular complexity index is 777. The standard InChI is InChI=1S/C15H11FN2O/c1-10-4-2-3-5-13(10)18-14-7-6-11(16)8-12(14)17-15(18)9-19/h2-9H,1H3. The molecule has 0 aliphatic heterocycles. The zero-order chi connectivity index (χ0) is 13.4. The molecular formula is C15H11FN2O. The third-order valence-electron chi connectivity index (χ3n) is 3.10. The average Bonchev–Trinajstić information content (AvgIpc) is 2.76. The molecule has 3 rings (SSSR count). The first-order valence-electron chi connectivity index (χ1n) is 5.90. The van der Waals surface area contributed by atoms with E-state index in [0.717, 1.165) is 16.8 Å². The summed E-state index contributed by atoms with van der Waals surface area (Å²) in [4.78, 5) is 15.4. The lowest BCUT2D eigenvalue weighted by Crippen LogP contribution is -2.01. The van der Waals surface area contributed by atoms with Crippen LogP contribution in [0, 0.1) is 12.7 Å². The van der Waals surface area contributed by atoms with Crippen LogP contribution in [-0.4, -0.2) is 15.8 Å². The van der Waals surface area contributed by atoms with E-state index in [-0.39, 0.29) is 11.6 Å². The number of para-hydroxylation sites is 1. The maximum Gasteiger partial charge on any atom is 0.185 e. The van der Waals surface area contributed by atoms with Crippen molar-refractivity contribution in [3.63, 3.8) is 0 Å². The summed E-state index contributed by atoms with van der Waals surface area (Å²) < 4.78 is 15.0. The predicted molar refractivity (Wildman–Crippen MR) is 71.2 cm³/mol. The molecule has 1 aromatic heterocycles. The van der Waals surface area contributed by atoms with Crippen molar-refractivity contribution in [1.82, 2.24) is 9.55 Å². The Kier molecular flexibility index (Phi) is 2.63. The molecule has 0 fully saturated rings. The van der Waals surface area contributed by atoms with Gasteiger partial charge in [-0.3, -0.25) is 9.36 Å². The Morgan fingerprint density at radius 2 is 2.00 bits per heavy atom. The highest BCUT2D eigenvalue weighted by Crippen LogP contribution is 2.23. The molecule has 0 atom stereocenters. The van der Waals surface area contributed by atoms with Crippen LogP contribution in [0.25, 0.3) is 16.7 Å². The number of fused-ring (bicyclic) bond motifs is 1. The van der Waals surface area contributed by atoms with E-state index in [1.807, 2.05) is 31.2 Å². The number of aromatic nitrogens is 2. The number of halogens is 1. The Hall–Kier alpha value is -2.49. The maximum absolute atomic E-state index is 13.2. The third-order valence-corrected chi connectivity index (χ3v) is 3.10. The maximum atomic E-state index is 13.2. The van der Waals surface area contributed by atoms with E-state index in [0.29, 0.717) is 11.8 Å². The third kappa shape index (κ3) is 1.81. The van der Waals surface area contributed by atoms with Crippen LogP contribution in [0.2, 0.25) is 0 Å². The van der Waals surface area contributed by atoms with Crippen LogP contribution in [0.5, 0.6) is 0 Å². The van der Waals surface area contributed by atoms with E-state index >= 15 is 0 Å². The molecule has 94 valence electrons. The highest BCUT2D eigenvalue weighted by atomic mass is 19.1. The molecule has 0 N–H and O–H groups in total. The molecule has 4 heteroatoms. The predicted octanol–water partition coefficient (Wildman–Crippen LogP) is 3.29. The van der Waals surface area contributed by atoms with Gasteiger partial charge in [0.2, 0.25) is 0 Å². The summed E-state index contributed by atoms with van der Waals surface area (Å²) in [5, 5.41) is 0. The van der Waals surface area contributed by atoms with Gasteiger partial charge < -0.3 is 0 Å². The van der Waals surface area contributed by atoms with Crippen LogP contribution in [0.1, 0.15) is 16.2 Å². The number of imidazole rings is 1. The number of aldehydes is 1. The molecule has 0 saturated heterocycles. The first-order chi connectivity index (χ1) is 9.20. The summed E-state index contributed by atoms with van der Waals surface area (Å²) >= 11 is 0. The number of benzene rings is 2. The van der Waals surface area contributed by atoms with Gasteiger partial charge >= 0.3 is 0 Å². The van der Waals surface area contributed by atoms with Crippen LogP contribution in [0.3, 0.4) is 0 Å². The molecule has 0 bridgehead atoms. The van der Waals surface area contributed by atoms with Gasteiger partial charge in [-0.15, -0.1) is 0 Å². The van der Waals surface area contributed by atoms with Gasteiger partial charge in [-0.05, 0) is 30.7 Å². The van der Waals surface area contributed by atoms with Crippen LogP contribution in [0.4, 0.5) is 4.39 Å². The number of carbonyl (C=O) groups excluding carboxylic acids is 1. The van der Waals surface area contributed by atoms with Gasteiger partial charge in [0.1, 0.15) is 5.82 Å². The van der Waals surface area contributed by atoms with Crippen LogP contribution >= 0.6 is 0 Å². The molecular weight excluding hydrogens is 243 g/mol. The lowest BCUT2D eigenvalue weighted by atomic mass is 10.2. The zero-order valence-corrected chi connectivity index (χ0v) is 10.3. The fourth-order valence-electron chi connectivity index (χ4n) is 2.22. The molecule has 0 aliphatic rings. The summed E-state index contributed by atoms with van der Waals surface area (Å²) in [5.74, 6) is -0.0886. The summed E-state index contributed by atoms with van der Waals surface area (Å²) in [5.41, 5.74) is 3.09. The highest BCUT2D eigenvalue weighted by molar-refractivity contribution is 5.85. The fraction of sp³-hybridized carbons (Fsp3) is 0.0667. The van der Waals surface area contributed by atoms with E-state index in [1.54, 1.807) is 10.6 Å². The quantitative estimate of drug-likeness (QED) is 0.658. The van der Waals surface area contributed by atoms with Crippen LogP contribution in [0.15, 0.2) is 42.5 Å². The number of hydrogen-bond acceptors (Lipinski definition) is 2. The molecule has 1 heterocycles. The lowest BCUT2D eigenvalue weighted by molar-refractivity contribution is 0.111. The highest BCUT2D eigenvalue weighted by Gasteiger charge is 2.13. The van der Waals surface area contributed by atoms with Gasteiger partial charge in [0.25, 0.3) is 0 Å². The van der Waals surface area contributed by atoms with E-state index in [1.165, 1.54) is 12.1 Å². The van der Waals surface area contributed by atoms with Gasteiger partial charge in [-0.1, -0.05) is 18.2 Å². The monoisotopic (exact) mass is 254 g/mol. The van der Waals surface area contributed by atoms with Gasteiger partial charge in [0.15, 0.2) is 12.1 Å². The minimum atomic E-state index is -0.362. The Morgan fingerprint density at radius 1 is 1.21 bits per heavy atom. The molecule has 2 aromatic carbocycles. The zero-order valence-electron chi connectivity index (χ0n) is 10.3. The lowest BCUT2D eigenvalue weighted by Gasteiger charge is -2.09. The molecule has 0 unspecified atom stereocenters. The second-order valence-corrected chi connectivity index (χ2v) is 4.34. The van der Waals surface area contributed by atoms with Gasteiger partial charge in [-0.2, -0.15) is 0 Å². The van der Waals surface area contributed by atoms with Gasteiger partial charge in [0.05, 0.1) is 16.7 Å². The number of nitrogens with zero attached hydrogens (tertiary/aromatic N) is 2. The Morgan fingerprint density at radius 3 is 2.74 bits per heavy atom. The minimum absolute atomic E-state index is 0.273.